The molecule has 5 nitrogen and oxygen atoms in total. The van der Waals surface area contributed by atoms with Gasteiger partial charge in [0.05, 0.1) is 18.6 Å². The van der Waals surface area contributed by atoms with Crippen LogP contribution in [-0.4, -0.2) is 42.1 Å². The number of methoxy groups -OCH3 is 1. The molecule has 2 rings (SSSR count). The van der Waals surface area contributed by atoms with Gasteiger partial charge in [-0.05, 0) is 12.5 Å². The Balaban J connectivity index is 2.32. The molecule has 1 aromatic carbocycles. The number of carbonyl (C=O) groups excluding carboxylic acids is 1. The molecule has 20 heavy (non-hydrogen) atoms. The molecule has 2 atom stereocenters. The van der Waals surface area contributed by atoms with E-state index in [1.54, 1.807) is 12.0 Å². The number of aliphatic carboxylic acids is 1. The fourth-order valence-electron chi connectivity index (χ4n) is 2.64. The molecular formula is C15H19NO4. The number of aryl methyl sites for hydroxylation is 1. The molecule has 1 heterocycles. The predicted octanol–water partition coefficient (Wildman–Crippen LogP) is 1.62. The number of amides is 1. The summed E-state index contributed by atoms with van der Waals surface area (Å²) in [5, 5.41) is 9.35. The first-order valence-corrected chi connectivity index (χ1v) is 6.62. The van der Waals surface area contributed by atoms with E-state index in [9.17, 15) is 14.7 Å². The highest BCUT2D eigenvalue weighted by Crippen LogP contribution is 2.38. The molecule has 0 saturated carbocycles. The van der Waals surface area contributed by atoms with Crippen molar-refractivity contribution >= 4 is 11.9 Å². The van der Waals surface area contributed by atoms with E-state index in [2.05, 4.69) is 0 Å². The van der Waals surface area contributed by atoms with E-state index >= 15 is 0 Å². The van der Waals surface area contributed by atoms with Crippen LogP contribution in [-0.2, 0) is 14.3 Å². The number of carboxylic acids is 1. The molecule has 1 aromatic rings. The molecule has 1 N–H and O–H groups in total. The Kier molecular flexibility index (Phi) is 4.39. The molecule has 0 aliphatic carbocycles. The van der Waals surface area contributed by atoms with Crippen molar-refractivity contribution in [2.24, 2.45) is 5.92 Å². The molecule has 2 unspecified atom stereocenters. The zero-order valence-electron chi connectivity index (χ0n) is 11.7. The highest BCUT2D eigenvalue weighted by molar-refractivity contribution is 5.87. The number of nitrogens with zero attached hydrogens (tertiary/aromatic N) is 1. The van der Waals surface area contributed by atoms with Crippen molar-refractivity contribution in [3.8, 4) is 0 Å². The first-order valence-electron chi connectivity index (χ1n) is 6.62. The van der Waals surface area contributed by atoms with Gasteiger partial charge in [0.25, 0.3) is 0 Å². The summed E-state index contributed by atoms with van der Waals surface area (Å²) in [4.78, 5) is 25.1. The molecule has 0 spiro atoms. The fourth-order valence-corrected chi connectivity index (χ4v) is 2.64. The zero-order chi connectivity index (χ0) is 14.7. The maximum absolute atomic E-state index is 12.1. The van der Waals surface area contributed by atoms with E-state index in [4.69, 9.17) is 4.74 Å². The average molecular weight is 277 g/mol. The van der Waals surface area contributed by atoms with Crippen molar-refractivity contribution in [1.82, 2.24) is 4.90 Å². The van der Waals surface area contributed by atoms with Gasteiger partial charge in [-0.3, -0.25) is 9.59 Å². The van der Waals surface area contributed by atoms with Crippen LogP contribution in [0.25, 0.3) is 0 Å². The molecule has 1 aliphatic rings. The number of likely N-dealkylation sites (tertiary alicyclic amines) is 1. The largest absolute Gasteiger partial charge is 0.481 e. The second-order valence-electron chi connectivity index (χ2n) is 5.08. The Hall–Kier alpha value is -1.88. The summed E-state index contributed by atoms with van der Waals surface area (Å²) in [6, 6.07) is 7.26. The Labute approximate surface area is 118 Å². The minimum Gasteiger partial charge on any atom is -0.481 e. The number of carboxylic acid groups (broad SMARTS) is 1. The number of benzene rings is 1. The van der Waals surface area contributed by atoms with E-state index < -0.39 is 17.9 Å². The third-order valence-electron chi connectivity index (χ3n) is 3.70. The van der Waals surface area contributed by atoms with Gasteiger partial charge in [-0.25, -0.2) is 0 Å². The van der Waals surface area contributed by atoms with E-state index in [1.165, 1.54) is 0 Å². The van der Waals surface area contributed by atoms with Gasteiger partial charge in [0.2, 0.25) is 5.91 Å². The minimum atomic E-state index is -0.927. The second-order valence-corrected chi connectivity index (χ2v) is 5.08. The van der Waals surface area contributed by atoms with Crippen LogP contribution in [0.1, 0.15) is 23.6 Å². The van der Waals surface area contributed by atoms with Crippen LogP contribution in [0.3, 0.4) is 0 Å². The van der Waals surface area contributed by atoms with Crippen molar-refractivity contribution in [2.45, 2.75) is 19.4 Å². The summed E-state index contributed by atoms with van der Waals surface area (Å²) in [6.07, 6.45) is 0.0532. The summed E-state index contributed by atoms with van der Waals surface area (Å²) in [6.45, 7) is 2.79. The minimum absolute atomic E-state index is 0.0532. The van der Waals surface area contributed by atoms with Crippen LogP contribution in [0.5, 0.6) is 0 Å². The molecular weight excluding hydrogens is 258 g/mol. The molecule has 0 bridgehead atoms. The first kappa shape index (κ1) is 14.5. The van der Waals surface area contributed by atoms with Crippen LogP contribution in [0.2, 0.25) is 0 Å². The summed E-state index contributed by atoms with van der Waals surface area (Å²) in [7, 11) is 1.57. The van der Waals surface area contributed by atoms with E-state index in [-0.39, 0.29) is 12.3 Å². The number of rotatable bonds is 5. The quantitative estimate of drug-likeness (QED) is 0.888. The lowest BCUT2D eigenvalue weighted by atomic mass is 9.93. The van der Waals surface area contributed by atoms with E-state index in [0.29, 0.717) is 13.2 Å². The summed E-state index contributed by atoms with van der Waals surface area (Å²) in [5.74, 6) is -1.74. The highest BCUT2D eigenvalue weighted by Gasteiger charge is 2.44. The number of hydrogen-bond acceptors (Lipinski definition) is 3. The van der Waals surface area contributed by atoms with Crippen molar-refractivity contribution in [3.05, 3.63) is 35.4 Å². The van der Waals surface area contributed by atoms with Gasteiger partial charge in [-0.15, -0.1) is 0 Å². The Morgan fingerprint density at radius 2 is 2.05 bits per heavy atom. The van der Waals surface area contributed by atoms with Crippen LogP contribution in [0.15, 0.2) is 24.3 Å². The number of hydrogen-bond donors (Lipinski definition) is 1. The molecule has 1 amide bonds. The summed E-state index contributed by atoms with van der Waals surface area (Å²) in [5.41, 5.74) is 1.97. The third-order valence-corrected chi connectivity index (χ3v) is 3.70. The number of carbonyl (C=O) groups is 2. The Morgan fingerprint density at radius 1 is 1.40 bits per heavy atom. The molecule has 1 fully saturated rings. The van der Waals surface area contributed by atoms with Crippen molar-refractivity contribution < 1.29 is 19.4 Å². The lowest BCUT2D eigenvalue weighted by Gasteiger charge is -2.27. The summed E-state index contributed by atoms with van der Waals surface area (Å²) < 4.78 is 5.01. The molecule has 1 saturated heterocycles. The van der Waals surface area contributed by atoms with Crippen molar-refractivity contribution in [3.63, 3.8) is 0 Å². The zero-order valence-corrected chi connectivity index (χ0v) is 11.7. The molecule has 108 valence electrons. The van der Waals surface area contributed by atoms with Gasteiger partial charge < -0.3 is 14.7 Å². The maximum Gasteiger partial charge on any atom is 0.309 e. The van der Waals surface area contributed by atoms with Crippen LogP contribution >= 0.6 is 0 Å². The smallest absolute Gasteiger partial charge is 0.309 e. The summed E-state index contributed by atoms with van der Waals surface area (Å²) >= 11 is 0. The maximum atomic E-state index is 12.1. The fraction of sp³-hybridized carbons (Fsp3) is 0.467. The van der Waals surface area contributed by atoms with Crippen LogP contribution in [0.4, 0.5) is 0 Å². The lowest BCUT2D eigenvalue weighted by molar-refractivity contribution is -0.142. The first-order chi connectivity index (χ1) is 9.54. The topological polar surface area (TPSA) is 66.8 Å². The molecule has 5 heteroatoms. The van der Waals surface area contributed by atoms with Gasteiger partial charge in [0.1, 0.15) is 0 Å². The SMILES string of the molecule is COCCN1C(=O)CC(C(=O)O)C1c1ccc(C)cc1. The van der Waals surface area contributed by atoms with Crippen LogP contribution < -0.4 is 0 Å². The monoisotopic (exact) mass is 277 g/mol. The average Bonchev–Trinajstić information content (AvgIpc) is 2.74. The van der Waals surface area contributed by atoms with E-state index in [1.807, 2.05) is 31.2 Å². The van der Waals surface area contributed by atoms with Gasteiger partial charge in [-0.1, -0.05) is 29.8 Å². The van der Waals surface area contributed by atoms with Crippen molar-refractivity contribution in [1.29, 1.82) is 0 Å². The molecule has 0 aromatic heterocycles. The predicted molar refractivity (Wildman–Crippen MR) is 73.3 cm³/mol. The molecule has 1 aliphatic heterocycles. The van der Waals surface area contributed by atoms with Gasteiger partial charge in [-0.2, -0.15) is 0 Å². The second kappa shape index (κ2) is 6.05. The normalized spacial score (nSPS) is 22.3. The van der Waals surface area contributed by atoms with Gasteiger partial charge in [0, 0.05) is 20.1 Å². The molecule has 0 radical (unpaired) electrons. The third kappa shape index (κ3) is 2.82. The Morgan fingerprint density at radius 3 is 2.60 bits per heavy atom. The lowest BCUT2D eigenvalue weighted by Crippen LogP contribution is -2.33. The standard InChI is InChI=1S/C15H19NO4/c1-10-3-5-11(6-4-10)14-12(15(18)19)9-13(17)16(14)7-8-20-2/h3-6,12,14H,7-9H2,1-2H3,(H,18,19). The van der Waals surface area contributed by atoms with Gasteiger partial charge >= 0.3 is 5.97 Å². The number of ether oxygens (including phenoxy) is 1. The van der Waals surface area contributed by atoms with Crippen LogP contribution in [0, 0.1) is 12.8 Å². The highest BCUT2D eigenvalue weighted by atomic mass is 16.5. The van der Waals surface area contributed by atoms with E-state index in [0.717, 1.165) is 11.1 Å². The van der Waals surface area contributed by atoms with Crippen molar-refractivity contribution in [2.75, 3.05) is 20.3 Å². The van der Waals surface area contributed by atoms with Gasteiger partial charge in [0.15, 0.2) is 0 Å². The Bertz CT molecular complexity index is 497.